The molecule has 0 rings (SSSR count). The Hall–Kier alpha value is -1.73. The second kappa shape index (κ2) is 7.65. The molecule has 0 aromatic heterocycles. The van der Waals surface area contributed by atoms with Gasteiger partial charge < -0.3 is 19.7 Å². The number of esters is 2. The van der Waals surface area contributed by atoms with Crippen LogP contribution in [0, 0.1) is 5.92 Å². The number of hydrogen-bond donors (Lipinski definition) is 2. The lowest BCUT2D eigenvalue weighted by atomic mass is 9.96. The zero-order valence-corrected chi connectivity index (χ0v) is 11.1. The van der Waals surface area contributed by atoms with Crippen molar-refractivity contribution < 1.29 is 34.1 Å². The van der Waals surface area contributed by atoms with Crippen molar-refractivity contribution in [3.8, 4) is 0 Å². The van der Waals surface area contributed by atoms with Crippen LogP contribution in [-0.4, -0.2) is 40.5 Å². The van der Waals surface area contributed by atoms with E-state index in [1.807, 2.05) is 0 Å². The van der Waals surface area contributed by atoms with Crippen molar-refractivity contribution in [3.05, 3.63) is 12.2 Å². The van der Waals surface area contributed by atoms with Gasteiger partial charge in [-0.25, -0.2) is 0 Å². The van der Waals surface area contributed by atoms with Crippen LogP contribution in [0.4, 0.5) is 0 Å². The van der Waals surface area contributed by atoms with E-state index in [-0.39, 0.29) is 5.57 Å². The van der Waals surface area contributed by atoms with E-state index in [0.29, 0.717) is 0 Å². The maximum atomic E-state index is 11.7. The number of hydrogen-bond acceptors (Lipinski definition) is 7. The van der Waals surface area contributed by atoms with E-state index in [1.54, 1.807) is 0 Å². The molecule has 0 bridgehead atoms. The van der Waals surface area contributed by atoms with Crippen molar-refractivity contribution in [3.63, 3.8) is 0 Å². The van der Waals surface area contributed by atoms with Gasteiger partial charge in [0.1, 0.15) is 5.92 Å². The maximum absolute atomic E-state index is 11.7. The molecule has 2 N–H and O–H groups in total. The van der Waals surface area contributed by atoms with Gasteiger partial charge in [-0.15, -0.1) is 0 Å². The number of aliphatic hydroxyl groups is 2. The maximum Gasteiger partial charge on any atom is 0.319 e. The second-order valence-electron chi connectivity index (χ2n) is 4.03. The fourth-order valence-corrected chi connectivity index (χ4v) is 1.24. The molecule has 0 aliphatic heterocycles. The van der Waals surface area contributed by atoms with Gasteiger partial charge in [-0.2, -0.15) is 0 Å². The number of Topliss-reactive ketones (excluding diaryl/α,β-unsaturated/α-hetero) is 1. The monoisotopic (exact) mass is 274 g/mol. The molecule has 0 saturated carbocycles. The lowest BCUT2D eigenvalue weighted by molar-refractivity contribution is -0.177. The van der Waals surface area contributed by atoms with Crippen LogP contribution in [0.1, 0.15) is 27.2 Å². The first-order valence-corrected chi connectivity index (χ1v) is 5.61. The molecule has 7 heteroatoms. The summed E-state index contributed by atoms with van der Waals surface area (Å²) in [6.07, 6.45) is -3.34. The van der Waals surface area contributed by atoms with E-state index in [2.05, 4.69) is 16.1 Å². The van der Waals surface area contributed by atoms with Crippen molar-refractivity contribution in [1.29, 1.82) is 0 Å². The van der Waals surface area contributed by atoms with Gasteiger partial charge in [-0.05, 0) is 26.3 Å². The summed E-state index contributed by atoms with van der Waals surface area (Å²) >= 11 is 0. The highest BCUT2D eigenvalue weighted by atomic mass is 16.6. The molecule has 0 radical (unpaired) electrons. The van der Waals surface area contributed by atoms with E-state index in [4.69, 9.17) is 10.2 Å². The van der Waals surface area contributed by atoms with Crippen molar-refractivity contribution in [2.75, 3.05) is 0 Å². The second-order valence-corrected chi connectivity index (χ2v) is 4.03. The molecule has 0 aromatic rings. The predicted molar refractivity (Wildman–Crippen MR) is 63.5 cm³/mol. The Labute approximate surface area is 110 Å². The molecular weight excluding hydrogens is 256 g/mol. The topological polar surface area (TPSA) is 110 Å². The quantitative estimate of drug-likeness (QED) is 0.289. The highest BCUT2D eigenvalue weighted by Crippen LogP contribution is 2.14. The highest BCUT2D eigenvalue weighted by Gasteiger charge is 2.32. The van der Waals surface area contributed by atoms with Crippen LogP contribution < -0.4 is 0 Å². The summed E-state index contributed by atoms with van der Waals surface area (Å²) in [5.41, 5.74) is 0.0670. The molecular formula is C12H18O7. The summed E-state index contributed by atoms with van der Waals surface area (Å²) in [6.45, 7) is 7.16. The van der Waals surface area contributed by atoms with E-state index in [1.165, 1.54) is 20.8 Å². The Morgan fingerprint density at radius 3 is 1.95 bits per heavy atom. The van der Waals surface area contributed by atoms with Crippen LogP contribution in [0.5, 0.6) is 0 Å². The van der Waals surface area contributed by atoms with Crippen LogP contribution in [-0.2, 0) is 23.9 Å². The average molecular weight is 274 g/mol. The minimum atomic E-state index is -1.45. The van der Waals surface area contributed by atoms with E-state index < -0.39 is 42.6 Å². The van der Waals surface area contributed by atoms with Crippen LogP contribution >= 0.6 is 0 Å². The number of carbonyl (C=O) groups excluding carboxylic acids is 3. The van der Waals surface area contributed by atoms with Crippen molar-refractivity contribution in [2.45, 2.75) is 39.8 Å². The minimum absolute atomic E-state index is 0.0670. The molecule has 0 aromatic carbocycles. The fraction of sp³-hybridized carbons (Fsp3) is 0.583. The van der Waals surface area contributed by atoms with Gasteiger partial charge in [0.05, 0.1) is 6.42 Å². The molecule has 19 heavy (non-hydrogen) atoms. The largest absolute Gasteiger partial charge is 0.436 e. The summed E-state index contributed by atoms with van der Waals surface area (Å²) in [7, 11) is 0. The van der Waals surface area contributed by atoms with Gasteiger partial charge in [0.25, 0.3) is 0 Å². The lowest BCUT2D eigenvalue weighted by Gasteiger charge is -2.16. The first-order chi connectivity index (χ1) is 8.65. The summed E-state index contributed by atoms with van der Waals surface area (Å²) < 4.78 is 8.90. The van der Waals surface area contributed by atoms with Gasteiger partial charge in [-0.1, -0.05) is 6.58 Å². The first-order valence-electron chi connectivity index (χ1n) is 5.61. The fourth-order valence-electron chi connectivity index (χ4n) is 1.24. The Kier molecular flexibility index (Phi) is 6.95. The van der Waals surface area contributed by atoms with Gasteiger partial charge in [-0.3, -0.25) is 14.4 Å². The SMILES string of the molecule is C=C(C)C(=O)C(CC(=O)OC(C)O)C(=O)OC(C)O. The molecule has 0 heterocycles. The van der Waals surface area contributed by atoms with Crippen molar-refractivity contribution >= 4 is 17.7 Å². The smallest absolute Gasteiger partial charge is 0.319 e. The summed E-state index contributed by atoms with van der Waals surface area (Å²) in [6, 6.07) is 0. The number of rotatable bonds is 7. The van der Waals surface area contributed by atoms with Crippen LogP contribution in [0.15, 0.2) is 12.2 Å². The van der Waals surface area contributed by atoms with Crippen LogP contribution in [0.3, 0.4) is 0 Å². The number of ketones is 1. The molecule has 7 nitrogen and oxygen atoms in total. The number of carbonyl (C=O) groups is 3. The molecule has 0 aliphatic carbocycles. The Morgan fingerprint density at radius 1 is 1.11 bits per heavy atom. The molecule has 0 spiro atoms. The number of aliphatic hydroxyl groups excluding tert-OH is 2. The summed E-state index contributed by atoms with van der Waals surface area (Å²) in [5.74, 6) is -4.12. The Morgan fingerprint density at radius 2 is 1.58 bits per heavy atom. The molecule has 0 saturated heterocycles. The molecule has 0 aliphatic rings. The van der Waals surface area contributed by atoms with Crippen molar-refractivity contribution in [1.82, 2.24) is 0 Å². The lowest BCUT2D eigenvalue weighted by Crippen LogP contribution is -2.32. The van der Waals surface area contributed by atoms with E-state index >= 15 is 0 Å². The Bertz CT molecular complexity index is 370. The standard InChI is InChI=1S/C12H18O7/c1-6(2)11(16)9(12(17)19-8(4)14)5-10(15)18-7(3)13/h7-9,13-14H,1,5H2,2-4H3. The molecule has 0 fully saturated rings. The highest BCUT2D eigenvalue weighted by molar-refractivity contribution is 6.09. The summed E-state index contributed by atoms with van der Waals surface area (Å²) in [4.78, 5) is 34.7. The third-order valence-corrected chi connectivity index (χ3v) is 1.98. The van der Waals surface area contributed by atoms with Crippen molar-refractivity contribution in [2.24, 2.45) is 5.92 Å². The molecule has 3 unspecified atom stereocenters. The van der Waals surface area contributed by atoms with Gasteiger partial charge in [0.15, 0.2) is 18.4 Å². The molecule has 0 amide bonds. The predicted octanol–water partition coefficient (Wildman–Crippen LogP) is -0.0991. The first kappa shape index (κ1) is 17.3. The zero-order chi connectivity index (χ0) is 15.2. The zero-order valence-electron chi connectivity index (χ0n) is 11.1. The molecule has 3 atom stereocenters. The third-order valence-electron chi connectivity index (χ3n) is 1.98. The Balaban J connectivity index is 4.87. The van der Waals surface area contributed by atoms with E-state index in [0.717, 1.165) is 0 Å². The number of allylic oxidation sites excluding steroid dienone is 1. The van der Waals surface area contributed by atoms with E-state index in [9.17, 15) is 14.4 Å². The normalized spacial score (nSPS) is 15.0. The third kappa shape index (κ3) is 6.68. The van der Waals surface area contributed by atoms with Crippen LogP contribution in [0.2, 0.25) is 0 Å². The summed E-state index contributed by atoms with van der Waals surface area (Å²) in [5, 5.41) is 17.8. The van der Waals surface area contributed by atoms with Gasteiger partial charge >= 0.3 is 11.9 Å². The average Bonchev–Trinajstić information content (AvgIpc) is 2.22. The molecule has 108 valence electrons. The number of ether oxygens (including phenoxy) is 2. The minimum Gasteiger partial charge on any atom is -0.436 e. The van der Waals surface area contributed by atoms with Gasteiger partial charge in [0, 0.05) is 0 Å². The van der Waals surface area contributed by atoms with Crippen LogP contribution in [0.25, 0.3) is 0 Å². The van der Waals surface area contributed by atoms with Gasteiger partial charge in [0.2, 0.25) is 0 Å².